The lowest BCUT2D eigenvalue weighted by molar-refractivity contribution is 0.199. The second-order valence-corrected chi connectivity index (χ2v) is 5.91. The van der Waals surface area contributed by atoms with Gasteiger partial charge in [-0.1, -0.05) is 0 Å². The second-order valence-electron chi connectivity index (χ2n) is 4.05. The Labute approximate surface area is 120 Å². The third kappa shape index (κ3) is 3.95. The molecule has 0 atom stereocenters. The van der Waals surface area contributed by atoms with Crippen molar-refractivity contribution in [2.24, 2.45) is 0 Å². The highest BCUT2D eigenvalue weighted by atomic mass is 79.9. The lowest BCUT2D eigenvalue weighted by Gasteiger charge is -2.02. The lowest BCUT2D eigenvalue weighted by atomic mass is 10.3. The Kier molecular flexibility index (Phi) is 5.44. The van der Waals surface area contributed by atoms with Crippen LogP contribution in [0.1, 0.15) is 10.4 Å². The fourth-order valence-electron chi connectivity index (χ4n) is 1.70. The predicted octanol–water partition coefficient (Wildman–Crippen LogP) is 3.10. The maximum atomic E-state index is 5.00. The van der Waals surface area contributed by atoms with E-state index in [-0.39, 0.29) is 0 Å². The first kappa shape index (κ1) is 13.8. The van der Waals surface area contributed by atoms with Crippen LogP contribution in [0.3, 0.4) is 0 Å². The van der Waals surface area contributed by atoms with Gasteiger partial charge in [0.1, 0.15) is 0 Å². The third-order valence-corrected chi connectivity index (χ3v) is 4.55. The number of nitrogens with zero attached hydrogens (tertiary/aromatic N) is 1. The first-order valence-corrected chi connectivity index (χ1v) is 7.53. The topological polar surface area (TPSA) is 26.2 Å². The second kappa shape index (κ2) is 7.09. The predicted molar refractivity (Wildman–Crippen MR) is 79.1 cm³/mol. The Morgan fingerprint density at radius 3 is 3.06 bits per heavy atom. The van der Waals surface area contributed by atoms with Gasteiger partial charge in [0, 0.05) is 41.9 Å². The average molecular weight is 329 g/mol. The molecule has 0 aliphatic rings. The van der Waals surface area contributed by atoms with Crippen molar-refractivity contribution in [2.45, 2.75) is 13.1 Å². The van der Waals surface area contributed by atoms with Crippen LogP contribution in [0.4, 0.5) is 0 Å². The minimum Gasteiger partial charge on any atom is -0.383 e. The smallest absolute Gasteiger partial charge is 0.0587 e. The molecule has 3 nitrogen and oxygen atoms in total. The maximum Gasteiger partial charge on any atom is 0.0587 e. The Bertz CT molecular complexity index is 481. The summed E-state index contributed by atoms with van der Waals surface area (Å²) in [6.45, 7) is 3.46. The number of thiophene rings is 1. The molecule has 2 rings (SSSR count). The van der Waals surface area contributed by atoms with Gasteiger partial charge in [-0.05, 0) is 39.0 Å². The molecule has 0 aliphatic heterocycles. The number of methoxy groups -OCH3 is 1. The van der Waals surface area contributed by atoms with Crippen molar-refractivity contribution in [3.8, 4) is 0 Å². The molecule has 0 aliphatic carbocycles. The number of hydrogen-bond acceptors (Lipinski definition) is 3. The number of aromatic nitrogens is 1. The highest BCUT2D eigenvalue weighted by Gasteiger charge is 2.03. The minimum atomic E-state index is 0.753. The zero-order chi connectivity index (χ0) is 12.8. The van der Waals surface area contributed by atoms with Crippen molar-refractivity contribution in [3.63, 3.8) is 0 Å². The molecule has 0 spiro atoms. The van der Waals surface area contributed by atoms with Crippen LogP contribution in [-0.2, 0) is 17.8 Å². The zero-order valence-electron chi connectivity index (χ0n) is 10.4. The molecular weight excluding hydrogens is 312 g/mol. The molecule has 0 saturated heterocycles. The molecule has 0 fully saturated rings. The molecule has 5 heteroatoms. The third-order valence-electron chi connectivity index (χ3n) is 2.64. The molecule has 0 bridgehead atoms. The van der Waals surface area contributed by atoms with Crippen molar-refractivity contribution < 1.29 is 4.74 Å². The summed E-state index contributed by atoms with van der Waals surface area (Å²) >= 11 is 5.34. The van der Waals surface area contributed by atoms with Gasteiger partial charge in [-0.15, -0.1) is 11.3 Å². The van der Waals surface area contributed by atoms with E-state index in [0.29, 0.717) is 0 Å². The summed E-state index contributed by atoms with van der Waals surface area (Å²) in [5, 5.41) is 5.45. The summed E-state index contributed by atoms with van der Waals surface area (Å²) in [6.07, 6.45) is 4.31. The van der Waals surface area contributed by atoms with E-state index >= 15 is 0 Å². The van der Waals surface area contributed by atoms with Crippen LogP contribution >= 0.6 is 27.3 Å². The van der Waals surface area contributed by atoms with Gasteiger partial charge in [0.25, 0.3) is 0 Å². The van der Waals surface area contributed by atoms with Gasteiger partial charge < -0.3 is 14.6 Å². The summed E-state index contributed by atoms with van der Waals surface area (Å²) in [4.78, 5) is 1.35. The Balaban J connectivity index is 1.84. The fourth-order valence-corrected chi connectivity index (χ4v) is 3.19. The molecule has 0 unspecified atom stereocenters. The molecule has 0 saturated carbocycles. The molecule has 1 N–H and O–H groups in total. The van der Waals surface area contributed by atoms with Gasteiger partial charge in [0.15, 0.2) is 0 Å². The molecule has 0 radical (unpaired) electrons. The molecule has 0 amide bonds. The van der Waals surface area contributed by atoms with E-state index in [1.165, 1.54) is 14.9 Å². The fraction of sp³-hybridized carbons (Fsp3) is 0.385. The van der Waals surface area contributed by atoms with Crippen LogP contribution in [0.2, 0.25) is 0 Å². The van der Waals surface area contributed by atoms with Gasteiger partial charge in [-0.25, -0.2) is 0 Å². The van der Waals surface area contributed by atoms with Crippen LogP contribution < -0.4 is 5.32 Å². The first-order valence-electron chi connectivity index (χ1n) is 5.86. The Morgan fingerprint density at radius 2 is 2.33 bits per heavy atom. The highest BCUT2D eigenvalue weighted by molar-refractivity contribution is 9.10. The summed E-state index contributed by atoms with van der Waals surface area (Å²) in [7, 11) is 1.72. The summed E-state index contributed by atoms with van der Waals surface area (Å²) in [5.41, 5.74) is 1.30. The SMILES string of the molecule is COCCNCc1ccn(Cc2sccc2Br)c1. The molecule has 98 valence electrons. The van der Waals surface area contributed by atoms with Gasteiger partial charge in [0.2, 0.25) is 0 Å². The number of halogens is 1. The highest BCUT2D eigenvalue weighted by Crippen LogP contribution is 2.23. The van der Waals surface area contributed by atoms with E-state index in [4.69, 9.17) is 4.74 Å². The van der Waals surface area contributed by atoms with Crippen molar-refractivity contribution in [1.29, 1.82) is 0 Å². The van der Waals surface area contributed by atoms with Gasteiger partial charge in [0.05, 0.1) is 13.2 Å². The van der Waals surface area contributed by atoms with Crippen LogP contribution in [0.5, 0.6) is 0 Å². The standard InChI is InChI=1S/C13H17BrN2OS/c1-17-6-4-15-8-11-2-5-16(9-11)10-13-12(14)3-7-18-13/h2-3,5,7,9,15H,4,6,8,10H2,1H3. The number of ether oxygens (including phenoxy) is 1. The van der Waals surface area contributed by atoms with Crippen LogP contribution in [-0.4, -0.2) is 24.8 Å². The van der Waals surface area contributed by atoms with Gasteiger partial charge in [-0.3, -0.25) is 0 Å². The summed E-state index contributed by atoms with van der Waals surface area (Å²) in [6, 6.07) is 4.25. The Morgan fingerprint density at radius 1 is 1.44 bits per heavy atom. The van der Waals surface area contributed by atoms with Crippen molar-refractivity contribution in [1.82, 2.24) is 9.88 Å². The quantitative estimate of drug-likeness (QED) is 0.790. The molecule has 2 heterocycles. The van der Waals surface area contributed by atoms with E-state index < -0.39 is 0 Å². The maximum absolute atomic E-state index is 5.00. The average Bonchev–Trinajstić information content (AvgIpc) is 2.96. The van der Waals surface area contributed by atoms with Crippen LogP contribution in [0.25, 0.3) is 0 Å². The zero-order valence-corrected chi connectivity index (χ0v) is 12.8. The van der Waals surface area contributed by atoms with E-state index in [2.05, 4.69) is 55.7 Å². The van der Waals surface area contributed by atoms with Crippen molar-refractivity contribution >= 4 is 27.3 Å². The number of nitrogens with one attached hydrogen (secondary N) is 1. The number of rotatable bonds is 7. The molecule has 2 aromatic rings. The molecule has 0 aromatic carbocycles. The molecular formula is C13H17BrN2OS. The van der Waals surface area contributed by atoms with Gasteiger partial charge in [-0.2, -0.15) is 0 Å². The first-order chi connectivity index (χ1) is 8.79. The number of hydrogen-bond donors (Lipinski definition) is 1. The van der Waals surface area contributed by atoms with E-state index in [9.17, 15) is 0 Å². The van der Waals surface area contributed by atoms with Crippen molar-refractivity contribution in [2.75, 3.05) is 20.3 Å². The minimum absolute atomic E-state index is 0.753. The van der Waals surface area contributed by atoms with Crippen LogP contribution in [0, 0.1) is 0 Å². The molecule has 2 aromatic heterocycles. The van der Waals surface area contributed by atoms with Crippen molar-refractivity contribution in [3.05, 3.63) is 44.8 Å². The normalized spacial score (nSPS) is 11.0. The monoisotopic (exact) mass is 328 g/mol. The van der Waals surface area contributed by atoms with Gasteiger partial charge >= 0.3 is 0 Å². The van der Waals surface area contributed by atoms with E-state index in [1.807, 2.05) is 0 Å². The van der Waals surface area contributed by atoms with Crippen LogP contribution in [0.15, 0.2) is 34.4 Å². The summed E-state index contributed by atoms with van der Waals surface area (Å²) < 4.78 is 8.40. The molecule has 18 heavy (non-hydrogen) atoms. The lowest BCUT2D eigenvalue weighted by Crippen LogP contribution is -2.18. The largest absolute Gasteiger partial charge is 0.383 e. The van der Waals surface area contributed by atoms with E-state index in [0.717, 1.165) is 26.2 Å². The summed E-state index contributed by atoms with van der Waals surface area (Å²) in [5.74, 6) is 0. The van der Waals surface area contributed by atoms with E-state index in [1.54, 1.807) is 18.4 Å². The Hall–Kier alpha value is -0.620.